The van der Waals surface area contributed by atoms with Gasteiger partial charge in [-0.1, -0.05) is 30.3 Å². The molecule has 1 saturated carbocycles. The average Bonchev–Trinajstić information content (AvgIpc) is 3.20. The van der Waals surface area contributed by atoms with Crippen LogP contribution in [0.2, 0.25) is 0 Å². The molecule has 5 heterocycles. The van der Waals surface area contributed by atoms with Gasteiger partial charge >= 0.3 is 0 Å². The van der Waals surface area contributed by atoms with Crippen LogP contribution in [0.1, 0.15) is 28.8 Å². The quantitative estimate of drug-likeness (QED) is 0.482. The number of nitrogens with one attached hydrogen (secondary N) is 2. The molecular weight excluding hydrogens is 411 g/mol. The zero-order chi connectivity index (χ0) is 21.7. The van der Waals surface area contributed by atoms with Gasteiger partial charge in [0.05, 0.1) is 12.4 Å². The Morgan fingerprint density at radius 1 is 1.12 bits per heavy atom. The van der Waals surface area contributed by atoms with E-state index in [-0.39, 0.29) is 24.6 Å². The molecule has 160 valence electrons. The Kier molecular flexibility index (Phi) is 4.27. The Labute approximate surface area is 182 Å². The molecule has 4 bridgehead atoms. The maximum absolute atomic E-state index is 14.0. The van der Waals surface area contributed by atoms with Gasteiger partial charge in [0, 0.05) is 42.8 Å². The maximum Gasteiger partial charge on any atom is 0.256 e. The second-order valence-electron chi connectivity index (χ2n) is 8.05. The van der Waals surface area contributed by atoms with Gasteiger partial charge in [-0.3, -0.25) is 4.79 Å². The topological polar surface area (TPSA) is 93.4 Å². The molecule has 1 amide bonds. The van der Waals surface area contributed by atoms with Crippen molar-refractivity contribution in [1.82, 2.24) is 24.9 Å². The van der Waals surface area contributed by atoms with Crippen molar-refractivity contribution in [2.75, 3.05) is 5.32 Å². The number of nitrogens with zero attached hydrogens (tertiary/aromatic N) is 4. The Morgan fingerprint density at radius 3 is 2.81 bits per heavy atom. The van der Waals surface area contributed by atoms with Crippen molar-refractivity contribution in [2.45, 2.75) is 31.5 Å². The van der Waals surface area contributed by atoms with Crippen LogP contribution in [0.3, 0.4) is 0 Å². The lowest BCUT2D eigenvalue weighted by Crippen LogP contribution is -2.49. The van der Waals surface area contributed by atoms with Gasteiger partial charge in [-0.05, 0) is 11.6 Å². The second-order valence-corrected chi connectivity index (χ2v) is 8.05. The molecule has 0 spiro atoms. The number of pyridine rings is 1. The molecule has 0 radical (unpaired) electrons. The summed E-state index contributed by atoms with van der Waals surface area (Å²) in [5.74, 6) is 0.291. The van der Waals surface area contributed by atoms with Gasteiger partial charge in [0.2, 0.25) is 5.88 Å². The highest BCUT2D eigenvalue weighted by molar-refractivity contribution is 6.00. The van der Waals surface area contributed by atoms with Crippen LogP contribution in [0.4, 0.5) is 10.2 Å². The fourth-order valence-electron chi connectivity index (χ4n) is 4.12. The number of carbonyl (C=O) groups excluding carboxylic acids is 1. The third-order valence-corrected chi connectivity index (χ3v) is 5.87. The van der Waals surface area contributed by atoms with Crippen molar-refractivity contribution in [3.63, 3.8) is 0 Å². The molecule has 32 heavy (non-hydrogen) atoms. The van der Waals surface area contributed by atoms with E-state index in [9.17, 15) is 9.18 Å². The minimum absolute atomic E-state index is 0.00419. The first-order valence-corrected chi connectivity index (χ1v) is 10.4. The number of rotatable bonds is 1. The third-order valence-electron chi connectivity index (χ3n) is 5.87. The van der Waals surface area contributed by atoms with Crippen LogP contribution in [0.15, 0.2) is 55.0 Å². The summed E-state index contributed by atoms with van der Waals surface area (Å²) >= 11 is 0. The van der Waals surface area contributed by atoms with E-state index in [1.165, 1.54) is 12.3 Å². The van der Waals surface area contributed by atoms with Gasteiger partial charge in [-0.2, -0.15) is 5.10 Å². The fourth-order valence-corrected chi connectivity index (χ4v) is 4.12. The lowest BCUT2D eigenvalue weighted by atomic mass is 9.89. The van der Waals surface area contributed by atoms with Gasteiger partial charge in [-0.15, -0.1) is 0 Å². The van der Waals surface area contributed by atoms with E-state index in [1.807, 2.05) is 36.5 Å². The number of aromatic nitrogens is 4. The molecule has 3 aromatic heterocycles. The smallest absolute Gasteiger partial charge is 0.256 e. The summed E-state index contributed by atoms with van der Waals surface area (Å²) in [5.41, 5.74) is 3.19. The summed E-state index contributed by atoms with van der Waals surface area (Å²) < 4.78 is 21.6. The van der Waals surface area contributed by atoms with E-state index in [1.54, 1.807) is 4.52 Å². The van der Waals surface area contributed by atoms with Crippen LogP contribution in [0, 0.1) is 5.82 Å². The predicted molar refractivity (Wildman–Crippen MR) is 115 cm³/mol. The number of fused-ring (bicyclic) bond motifs is 2. The zero-order valence-electron chi connectivity index (χ0n) is 17.0. The highest BCUT2D eigenvalue weighted by Gasteiger charge is 2.34. The lowest BCUT2D eigenvalue weighted by molar-refractivity contribution is 0.0673. The Balaban J connectivity index is 1.50. The van der Waals surface area contributed by atoms with Gasteiger partial charge < -0.3 is 15.4 Å². The summed E-state index contributed by atoms with van der Waals surface area (Å²) in [5, 5.41) is 10.7. The fraction of sp³-hybridized carbons (Fsp3) is 0.217. The van der Waals surface area contributed by atoms with Crippen LogP contribution >= 0.6 is 0 Å². The van der Waals surface area contributed by atoms with Crippen molar-refractivity contribution in [3.8, 4) is 17.0 Å². The molecule has 0 atom stereocenters. The summed E-state index contributed by atoms with van der Waals surface area (Å²) in [6.07, 6.45) is 5.76. The highest BCUT2D eigenvalue weighted by Crippen LogP contribution is 2.31. The maximum atomic E-state index is 14.0. The van der Waals surface area contributed by atoms with Crippen LogP contribution in [0.25, 0.3) is 16.8 Å². The van der Waals surface area contributed by atoms with E-state index in [0.717, 1.165) is 17.3 Å². The summed E-state index contributed by atoms with van der Waals surface area (Å²) in [4.78, 5) is 21.8. The van der Waals surface area contributed by atoms with E-state index >= 15 is 0 Å². The first-order chi connectivity index (χ1) is 15.6. The van der Waals surface area contributed by atoms with Gasteiger partial charge in [-0.25, -0.2) is 18.9 Å². The summed E-state index contributed by atoms with van der Waals surface area (Å²) in [6.45, 7) is 0.259. The first kappa shape index (κ1) is 18.7. The predicted octanol–water partition coefficient (Wildman–Crippen LogP) is 3.20. The van der Waals surface area contributed by atoms with Crippen molar-refractivity contribution < 1.29 is 13.9 Å². The van der Waals surface area contributed by atoms with Gasteiger partial charge in [0.15, 0.2) is 5.65 Å². The minimum Gasteiger partial charge on any atom is -0.474 e. The SMILES string of the molecule is O=C1N[C@H]2C[C@H](C2)Oc2ncc(F)cc2CNc2nc3c1cnn3cc2-c1ccccc1. The number of hydrogen-bond acceptors (Lipinski definition) is 6. The van der Waals surface area contributed by atoms with Gasteiger partial charge in [0.25, 0.3) is 5.91 Å². The van der Waals surface area contributed by atoms with E-state index < -0.39 is 5.82 Å². The van der Waals surface area contributed by atoms with E-state index in [2.05, 4.69) is 20.7 Å². The molecular formula is C23H19FN6O2. The summed E-state index contributed by atoms with van der Waals surface area (Å²) in [7, 11) is 0. The second kappa shape index (κ2) is 7.30. The number of amides is 1. The molecule has 2 N–H and O–H groups in total. The molecule has 2 aliphatic heterocycles. The first-order valence-electron chi connectivity index (χ1n) is 10.4. The van der Waals surface area contributed by atoms with Crippen molar-refractivity contribution in [1.29, 1.82) is 0 Å². The Bertz CT molecular complexity index is 1330. The van der Waals surface area contributed by atoms with Crippen molar-refractivity contribution in [2.24, 2.45) is 0 Å². The average molecular weight is 430 g/mol. The van der Waals surface area contributed by atoms with Crippen LogP contribution in [0.5, 0.6) is 5.88 Å². The number of hydrogen-bond donors (Lipinski definition) is 2. The molecule has 0 unspecified atom stereocenters. The lowest BCUT2D eigenvalue weighted by Gasteiger charge is -2.35. The molecule has 0 saturated heterocycles. The Morgan fingerprint density at radius 2 is 1.97 bits per heavy atom. The Hall–Kier alpha value is -4.01. The molecule has 1 fully saturated rings. The number of halogens is 1. The molecule has 1 aromatic carbocycles. The monoisotopic (exact) mass is 430 g/mol. The minimum atomic E-state index is -0.432. The van der Waals surface area contributed by atoms with Gasteiger partial charge in [0.1, 0.15) is 23.3 Å². The van der Waals surface area contributed by atoms with Crippen molar-refractivity contribution >= 4 is 17.4 Å². The third kappa shape index (κ3) is 3.22. The molecule has 7 rings (SSSR count). The number of anilines is 1. The number of ether oxygens (including phenoxy) is 1. The van der Waals surface area contributed by atoms with Crippen molar-refractivity contribution in [3.05, 3.63) is 71.9 Å². The zero-order valence-corrected chi connectivity index (χ0v) is 17.0. The molecule has 3 aliphatic rings. The van der Waals surface area contributed by atoms with E-state index in [0.29, 0.717) is 41.3 Å². The largest absolute Gasteiger partial charge is 0.474 e. The normalized spacial score (nSPS) is 19.8. The number of carbonyl (C=O) groups is 1. The van der Waals surface area contributed by atoms with E-state index in [4.69, 9.17) is 9.72 Å². The molecule has 8 nitrogen and oxygen atoms in total. The van der Waals surface area contributed by atoms with Crippen LogP contribution in [-0.4, -0.2) is 37.6 Å². The van der Waals surface area contributed by atoms with Crippen LogP contribution in [-0.2, 0) is 6.54 Å². The molecule has 9 heteroatoms. The standard InChI is InChI=1S/C23H19FN6O2/c24-15-6-14-9-25-20-19(13-4-2-1-3-5-13)12-30-21(29-20)18(11-27-30)22(31)28-16-7-17(8-16)32-23(14)26-10-15/h1-6,10-12,16-17H,7-9H2,(H,25,29)(H,28,31)/t16-,17+. The number of benzene rings is 1. The van der Waals surface area contributed by atoms with Crippen LogP contribution < -0.4 is 15.4 Å². The molecule has 4 aromatic rings. The highest BCUT2D eigenvalue weighted by atomic mass is 19.1. The molecule has 1 aliphatic carbocycles. The summed E-state index contributed by atoms with van der Waals surface area (Å²) in [6, 6.07) is 11.2.